The number of carbonyl (C=O) groups is 1. The number of aryl methyl sites for hydroxylation is 2. The van der Waals surface area contributed by atoms with E-state index in [4.69, 9.17) is 0 Å². The van der Waals surface area contributed by atoms with E-state index in [2.05, 4.69) is 15.3 Å². The summed E-state index contributed by atoms with van der Waals surface area (Å²) < 4.78 is 1.76. The summed E-state index contributed by atoms with van der Waals surface area (Å²) in [5.74, 6) is 0.497. The van der Waals surface area contributed by atoms with Crippen molar-refractivity contribution in [1.82, 2.24) is 14.5 Å². The molecule has 0 unspecified atom stereocenters. The normalized spacial score (nSPS) is 10.5. The van der Waals surface area contributed by atoms with Crippen molar-refractivity contribution in [2.45, 2.75) is 13.8 Å². The third-order valence-electron chi connectivity index (χ3n) is 3.54. The number of pyridine rings is 1. The predicted octanol–water partition coefficient (Wildman–Crippen LogP) is 3.14. The minimum absolute atomic E-state index is 0.160. The maximum absolute atomic E-state index is 12.4. The van der Waals surface area contributed by atoms with E-state index < -0.39 is 0 Å². The number of hydrogen-bond acceptors (Lipinski definition) is 3. The molecule has 1 N–H and O–H groups in total. The van der Waals surface area contributed by atoms with E-state index in [1.54, 1.807) is 41.6 Å². The summed E-state index contributed by atoms with van der Waals surface area (Å²) in [6.07, 6.45) is 6.72. The standard InChI is InChI=1S/C17H16N4O/c1-12-3-4-15(9-13(12)2)20-17(22)14-5-6-19-16(10-14)21-8-7-18-11-21/h3-11H,1-2H3,(H,20,22). The van der Waals surface area contributed by atoms with Gasteiger partial charge in [-0.1, -0.05) is 6.07 Å². The molecule has 0 saturated carbocycles. The third kappa shape index (κ3) is 2.88. The first-order chi connectivity index (χ1) is 10.6. The lowest BCUT2D eigenvalue weighted by Gasteiger charge is -2.08. The number of nitrogens with one attached hydrogen (secondary N) is 1. The molecule has 3 rings (SSSR count). The van der Waals surface area contributed by atoms with E-state index in [-0.39, 0.29) is 5.91 Å². The van der Waals surface area contributed by atoms with Crippen LogP contribution in [0.4, 0.5) is 5.69 Å². The van der Waals surface area contributed by atoms with Crippen LogP contribution >= 0.6 is 0 Å². The summed E-state index contributed by atoms with van der Waals surface area (Å²) in [5, 5.41) is 2.91. The van der Waals surface area contributed by atoms with E-state index in [1.165, 1.54) is 5.56 Å². The van der Waals surface area contributed by atoms with Crippen molar-refractivity contribution >= 4 is 11.6 Å². The SMILES string of the molecule is Cc1ccc(NC(=O)c2ccnc(-n3ccnc3)c2)cc1C. The Bertz CT molecular complexity index is 809. The van der Waals surface area contributed by atoms with Crippen molar-refractivity contribution in [3.8, 4) is 5.82 Å². The van der Waals surface area contributed by atoms with Gasteiger partial charge in [0.15, 0.2) is 0 Å². The highest BCUT2D eigenvalue weighted by Gasteiger charge is 2.08. The number of aromatic nitrogens is 3. The summed E-state index contributed by atoms with van der Waals surface area (Å²) in [4.78, 5) is 20.6. The molecule has 0 saturated heterocycles. The minimum Gasteiger partial charge on any atom is -0.322 e. The lowest BCUT2D eigenvalue weighted by molar-refractivity contribution is 0.102. The van der Waals surface area contributed by atoms with Crippen molar-refractivity contribution in [3.05, 3.63) is 71.9 Å². The van der Waals surface area contributed by atoms with E-state index in [0.717, 1.165) is 11.3 Å². The molecule has 5 nitrogen and oxygen atoms in total. The molecule has 3 aromatic rings. The minimum atomic E-state index is -0.160. The van der Waals surface area contributed by atoms with Gasteiger partial charge in [0.05, 0.1) is 0 Å². The van der Waals surface area contributed by atoms with Crippen LogP contribution in [0.2, 0.25) is 0 Å². The van der Waals surface area contributed by atoms with E-state index in [1.807, 2.05) is 32.0 Å². The van der Waals surface area contributed by atoms with Gasteiger partial charge in [0.25, 0.3) is 5.91 Å². The molecule has 0 bridgehead atoms. The molecule has 0 atom stereocenters. The van der Waals surface area contributed by atoms with Gasteiger partial charge in [-0.3, -0.25) is 9.36 Å². The van der Waals surface area contributed by atoms with Gasteiger partial charge in [0.2, 0.25) is 0 Å². The van der Waals surface area contributed by atoms with Crippen LogP contribution in [0.15, 0.2) is 55.2 Å². The van der Waals surface area contributed by atoms with Crippen LogP contribution in [0.5, 0.6) is 0 Å². The average molecular weight is 292 g/mol. The first-order valence-electron chi connectivity index (χ1n) is 6.96. The number of imidazole rings is 1. The average Bonchev–Trinajstić information content (AvgIpc) is 3.05. The molecule has 110 valence electrons. The Morgan fingerprint density at radius 3 is 2.68 bits per heavy atom. The van der Waals surface area contributed by atoms with Crippen LogP contribution < -0.4 is 5.32 Å². The highest BCUT2D eigenvalue weighted by Crippen LogP contribution is 2.16. The first kappa shape index (κ1) is 14.0. The van der Waals surface area contributed by atoms with Crippen LogP contribution in [0.1, 0.15) is 21.5 Å². The Balaban J connectivity index is 1.83. The third-order valence-corrected chi connectivity index (χ3v) is 3.54. The second-order valence-corrected chi connectivity index (χ2v) is 5.13. The molecule has 0 fully saturated rings. The Kier molecular flexibility index (Phi) is 3.70. The second-order valence-electron chi connectivity index (χ2n) is 5.13. The molecule has 0 aliphatic carbocycles. The lowest BCUT2D eigenvalue weighted by atomic mass is 10.1. The summed E-state index contributed by atoms with van der Waals surface area (Å²) >= 11 is 0. The molecule has 22 heavy (non-hydrogen) atoms. The smallest absolute Gasteiger partial charge is 0.255 e. The van der Waals surface area contributed by atoms with E-state index >= 15 is 0 Å². The monoisotopic (exact) mass is 292 g/mol. The van der Waals surface area contributed by atoms with Crippen LogP contribution in [-0.4, -0.2) is 20.4 Å². The number of anilines is 1. The maximum atomic E-state index is 12.4. The molecule has 0 spiro atoms. The van der Waals surface area contributed by atoms with Gasteiger partial charge in [-0.2, -0.15) is 0 Å². The summed E-state index contributed by atoms with van der Waals surface area (Å²) in [6, 6.07) is 9.28. The molecule has 0 radical (unpaired) electrons. The number of amides is 1. The van der Waals surface area contributed by atoms with Crippen LogP contribution in [-0.2, 0) is 0 Å². The molecular formula is C17H16N4O. The molecule has 5 heteroatoms. The van der Waals surface area contributed by atoms with Gasteiger partial charge in [-0.25, -0.2) is 9.97 Å². The Morgan fingerprint density at radius 1 is 1.09 bits per heavy atom. The van der Waals surface area contributed by atoms with Crippen molar-refractivity contribution in [3.63, 3.8) is 0 Å². The maximum Gasteiger partial charge on any atom is 0.255 e. The van der Waals surface area contributed by atoms with Gasteiger partial charge in [-0.15, -0.1) is 0 Å². The van der Waals surface area contributed by atoms with Gasteiger partial charge in [0, 0.05) is 29.8 Å². The number of benzene rings is 1. The molecule has 0 aliphatic rings. The topological polar surface area (TPSA) is 59.8 Å². The number of hydrogen-bond donors (Lipinski definition) is 1. The fourth-order valence-corrected chi connectivity index (χ4v) is 2.12. The molecular weight excluding hydrogens is 276 g/mol. The fourth-order valence-electron chi connectivity index (χ4n) is 2.12. The molecule has 2 heterocycles. The van der Waals surface area contributed by atoms with Gasteiger partial charge < -0.3 is 5.32 Å². The van der Waals surface area contributed by atoms with Crippen LogP contribution in [0.3, 0.4) is 0 Å². The van der Waals surface area contributed by atoms with Crippen LogP contribution in [0.25, 0.3) is 5.82 Å². The van der Waals surface area contributed by atoms with Gasteiger partial charge >= 0.3 is 0 Å². The molecule has 1 amide bonds. The highest BCUT2D eigenvalue weighted by molar-refractivity contribution is 6.04. The van der Waals surface area contributed by atoms with Crippen molar-refractivity contribution in [1.29, 1.82) is 0 Å². The van der Waals surface area contributed by atoms with E-state index in [9.17, 15) is 4.79 Å². The zero-order chi connectivity index (χ0) is 15.5. The molecule has 1 aromatic carbocycles. The largest absolute Gasteiger partial charge is 0.322 e. The Labute approximate surface area is 128 Å². The van der Waals surface area contributed by atoms with Crippen molar-refractivity contribution in [2.75, 3.05) is 5.32 Å². The van der Waals surface area contributed by atoms with Gasteiger partial charge in [-0.05, 0) is 49.2 Å². The predicted molar refractivity (Wildman–Crippen MR) is 85.2 cm³/mol. The fraction of sp³-hybridized carbons (Fsp3) is 0.118. The quantitative estimate of drug-likeness (QED) is 0.806. The Morgan fingerprint density at radius 2 is 1.95 bits per heavy atom. The summed E-state index contributed by atoms with van der Waals surface area (Å²) in [5.41, 5.74) is 3.68. The lowest BCUT2D eigenvalue weighted by Crippen LogP contribution is -2.13. The summed E-state index contributed by atoms with van der Waals surface area (Å²) in [6.45, 7) is 4.07. The van der Waals surface area contributed by atoms with E-state index in [0.29, 0.717) is 11.4 Å². The highest BCUT2D eigenvalue weighted by atomic mass is 16.1. The van der Waals surface area contributed by atoms with Gasteiger partial charge in [0.1, 0.15) is 12.1 Å². The number of carbonyl (C=O) groups excluding carboxylic acids is 1. The van der Waals surface area contributed by atoms with Crippen LogP contribution in [0, 0.1) is 13.8 Å². The number of rotatable bonds is 3. The molecule has 2 aromatic heterocycles. The Hall–Kier alpha value is -2.95. The zero-order valence-electron chi connectivity index (χ0n) is 12.4. The second kappa shape index (κ2) is 5.81. The number of nitrogens with zero attached hydrogens (tertiary/aromatic N) is 3. The summed E-state index contributed by atoms with van der Waals surface area (Å²) in [7, 11) is 0. The van der Waals surface area contributed by atoms with Crippen molar-refractivity contribution in [2.24, 2.45) is 0 Å². The van der Waals surface area contributed by atoms with Crippen molar-refractivity contribution < 1.29 is 4.79 Å². The first-order valence-corrected chi connectivity index (χ1v) is 6.96. The zero-order valence-corrected chi connectivity index (χ0v) is 12.4. The molecule has 0 aliphatic heterocycles.